The van der Waals surface area contributed by atoms with E-state index in [0.29, 0.717) is 19.1 Å². The maximum atomic E-state index is 12.5. The van der Waals surface area contributed by atoms with Crippen molar-refractivity contribution in [3.63, 3.8) is 0 Å². The highest BCUT2D eigenvalue weighted by Gasteiger charge is 2.46. The third-order valence-electron chi connectivity index (χ3n) is 5.31. The molecule has 6 nitrogen and oxygen atoms in total. The quantitative estimate of drug-likeness (QED) is 0.826. The summed E-state index contributed by atoms with van der Waals surface area (Å²) in [5.41, 5.74) is -0.297. The Hall–Kier alpha value is -2.34. The van der Waals surface area contributed by atoms with Gasteiger partial charge in [0.2, 0.25) is 5.91 Å². The Labute approximate surface area is 153 Å². The van der Waals surface area contributed by atoms with Crippen LogP contribution in [0.1, 0.15) is 19.8 Å². The van der Waals surface area contributed by atoms with Crippen LogP contribution in [0.2, 0.25) is 0 Å². The monoisotopic (exact) mass is 355 g/mol. The topological polar surface area (TPSA) is 56.6 Å². The molecule has 0 radical (unpaired) electrons. The zero-order chi connectivity index (χ0) is 18.0. The minimum absolute atomic E-state index is 0.149. The van der Waals surface area contributed by atoms with Crippen molar-refractivity contribution in [2.45, 2.75) is 38.0 Å². The fraction of sp³-hybridized carbons (Fsp3) is 0.500. The van der Waals surface area contributed by atoms with Crippen LogP contribution in [0, 0.1) is 5.92 Å². The van der Waals surface area contributed by atoms with Crippen LogP contribution < -0.4 is 4.74 Å². The zero-order valence-electron chi connectivity index (χ0n) is 15.1. The van der Waals surface area contributed by atoms with Crippen LogP contribution in [0.25, 0.3) is 0 Å². The third kappa shape index (κ3) is 3.75. The molecule has 6 heteroatoms. The highest BCUT2D eigenvalue weighted by Crippen LogP contribution is 2.39. The second-order valence-corrected chi connectivity index (χ2v) is 7.54. The molecule has 0 aliphatic carbocycles. The molecule has 0 N–H and O–H groups in total. The predicted octanol–water partition coefficient (Wildman–Crippen LogP) is 2.36. The molecule has 1 aromatic heterocycles. The summed E-state index contributed by atoms with van der Waals surface area (Å²) in [5.74, 6) is 1.39. The number of para-hydroxylation sites is 1. The van der Waals surface area contributed by atoms with Gasteiger partial charge in [0.1, 0.15) is 24.5 Å². The Balaban J connectivity index is 1.33. The summed E-state index contributed by atoms with van der Waals surface area (Å²) in [5, 5.41) is 0. The van der Waals surface area contributed by atoms with Gasteiger partial charge in [0, 0.05) is 31.4 Å². The van der Waals surface area contributed by atoms with Crippen LogP contribution in [0.5, 0.6) is 5.75 Å². The van der Waals surface area contributed by atoms with Crippen molar-refractivity contribution in [3.05, 3.63) is 49.1 Å². The van der Waals surface area contributed by atoms with Crippen LogP contribution >= 0.6 is 0 Å². The summed E-state index contributed by atoms with van der Waals surface area (Å²) in [6, 6.07) is 9.84. The molecule has 0 unspecified atom stereocenters. The summed E-state index contributed by atoms with van der Waals surface area (Å²) >= 11 is 0. The summed E-state index contributed by atoms with van der Waals surface area (Å²) in [6.45, 7) is 4.52. The second-order valence-electron chi connectivity index (χ2n) is 7.54. The maximum Gasteiger partial charge on any atom is 0.242 e. The third-order valence-corrected chi connectivity index (χ3v) is 5.31. The van der Waals surface area contributed by atoms with E-state index < -0.39 is 0 Å². The minimum Gasteiger partial charge on any atom is -0.491 e. The number of nitrogens with zero attached hydrogens (tertiary/aromatic N) is 3. The normalized spacial score (nSPS) is 28.0. The molecule has 1 amide bonds. The van der Waals surface area contributed by atoms with Crippen LogP contribution in [-0.4, -0.2) is 51.8 Å². The summed E-state index contributed by atoms with van der Waals surface area (Å²) in [4.78, 5) is 18.5. The van der Waals surface area contributed by atoms with Gasteiger partial charge in [-0.1, -0.05) is 18.2 Å². The van der Waals surface area contributed by atoms with Gasteiger partial charge in [0.15, 0.2) is 0 Å². The Bertz CT molecular complexity index is 734. The number of benzene rings is 1. The molecular formula is C20H25N3O3. The molecular weight excluding hydrogens is 330 g/mol. The average molecular weight is 355 g/mol. The van der Waals surface area contributed by atoms with E-state index in [1.807, 2.05) is 46.0 Å². The number of piperidine rings is 1. The lowest BCUT2D eigenvalue weighted by atomic mass is 9.89. The fourth-order valence-corrected chi connectivity index (χ4v) is 4.04. The zero-order valence-corrected chi connectivity index (χ0v) is 15.1. The van der Waals surface area contributed by atoms with E-state index in [1.54, 1.807) is 12.5 Å². The number of imidazole rings is 1. The van der Waals surface area contributed by atoms with E-state index >= 15 is 0 Å². The van der Waals surface area contributed by atoms with Gasteiger partial charge in [-0.15, -0.1) is 0 Å². The Morgan fingerprint density at radius 1 is 1.38 bits per heavy atom. The molecule has 2 aromatic rings. The van der Waals surface area contributed by atoms with Crippen molar-refractivity contribution in [2.24, 2.45) is 5.92 Å². The fourth-order valence-electron chi connectivity index (χ4n) is 4.04. The van der Waals surface area contributed by atoms with Gasteiger partial charge < -0.3 is 18.9 Å². The van der Waals surface area contributed by atoms with Gasteiger partial charge >= 0.3 is 0 Å². The smallest absolute Gasteiger partial charge is 0.242 e. The number of carbonyl (C=O) groups excluding carboxylic acids is 1. The minimum atomic E-state index is -0.297. The number of hydrogen-bond acceptors (Lipinski definition) is 4. The molecule has 2 aliphatic heterocycles. The number of likely N-dealkylation sites (tertiary alicyclic amines) is 1. The van der Waals surface area contributed by atoms with Gasteiger partial charge in [-0.3, -0.25) is 4.79 Å². The van der Waals surface area contributed by atoms with E-state index in [4.69, 9.17) is 9.47 Å². The second kappa shape index (κ2) is 7.11. The van der Waals surface area contributed by atoms with Crippen LogP contribution in [-0.2, 0) is 16.1 Å². The van der Waals surface area contributed by atoms with Crippen molar-refractivity contribution in [1.82, 2.24) is 14.5 Å². The molecule has 0 spiro atoms. The van der Waals surface area contributed by atoms with E-state index in [9.17, 15) is 4.79 Å². The molecule has 4 rings (SSSR count). The standard InChI is InChI=1S/C20H25N3O3/c1-20(14-25-17-5-3-2-4-6-17)11-16-12-23(9-7-18(16)26-20)19(24)13-22-10-8-21-15-22/h2-6,8,10,15-16,18H,7,9,11-14H2,1H3/t16-,18+,20-/m1/s1. The summed E-state index contributed by atoms with van der Waals surface area (Å²) < 4.78 is 14.1. The number of carbonyl (C=O) groups is 1. The summed E-state index contributed by atoms with van der Waals surface area (Å²) in [7, 11) is 0. The molecule has 2 saturated heterocycles. The molecule has 0 saturated carbocycles. The molecule has 26 heavy (non-hydrogen) atoms. The van der Waals surface area contributed by atoms with E-state index in [0.717, 1.165) is 31.7 Å². The summed E-state index contributed by atoms with van der Waals surface area (Å²) in [6.07, 6.45) is 7.22. The van der Waals surface area contributed by atoms with Crippen LogP contribution in [0.4, 0.5) is 0 Å². The van der Waals surface area contributed by atoms with Gasteiger partial charge in [-0.05, 0) is 31.9 Å². The molecule has 138 valence electrons. The first-order chi connectivity index (χ1) is 12.6. The Morgan fingerprint density at radius 2 is 2.23 bits per heavy atom. The highest BCUT2D eigenvalue weighted by molar-refractivity contribution is 5.76. The van der Waals surface area contributed by atoms with Crippen LogP contribution in [0.15, 0.2) is 49.1 Å². The van der Waals surface area contributed by atoms with Gasteiger partial charge in [0.25, 0.3) is 0 Å². The number of hydrogen-bond donors (Lipinski definition) is 0. The van der Waals surface area contributed by atoms with E-state index in [2.05, 4.69) is 11.9 Å². The molecule has 2 aliphatic rings. The first-order valence-corrected chi connectivity index (χ1v) is 9.20. The number of amides is 1. The molecule has 3 atom stereocenters. The lowest BCUT2D eigenvalue weighted by molar-refractivity contribution is -0.135. The molecule has 1 aromatic carbocycles. The lowest BCUT2D eigenvalue weighted by Crippen LogP contribution is -2.45. The maximum absolute atomic E-state index is 12.5. The SMILES string of the molecule is C[C@]1(COc2ccccc2)C[C@@H]2CN(C(=O)Cn3ccnc3)CC[C@@H]2O1. The lowest BCUT2D eigenvalue weighted by Gasteiger charge is -2.34. The van der Waals surface area contributed by atoms with Gasteiger partial charge in [-0.2, -0.15) is 0 Å². The largest absolute Gasteiger partial charge is 0.491 e. The Morgan fingerprint density at radius 3 is 3.00 bits per heavy atom. The van der Waals surface area contributed by atoms with Crippen molar-refractivity contribution in [1.29, 1.82) is 0 Å². The van der Waals surface area contributed by atoms with E-state index in [-0.39, 0.29) is 17.6 Å². The molecule has 3 heterocycles. The number of aromatic nitrogens is 2. The van der Waals surface area contributed by atoms with Crippen LogP contribution in [0.3, 0.4) is 0 Å². The average Bonchev–Trinajstić information content (AvgIpc) is 3.27. The number of ether oxygens (including phenoxy) is 2. The molecule has 2 fully saturated rings. The first-order valence-electron chi connectivity index (χ1n) is 9.20. The predicted molar refractivity (Wildman–Crippen MR) is 96.7 cm³/mol. The molecule has 0 bridgehead atoms. The van der Waals surface area contributed by atoms with Crippen molar-refractivity contribution in [2.75, 3.05) is 19.7 Å². The van der Waals surface area contributed by atoms with Crippen molar-refractivity contribution in [3.8, 4) is 5.75 Å². The van der Waals surface area contributed by atoms with Gasteiger partial charge in [-0.25, -0.2) is 4.98 Å². The van der Waals surface area contributed by atoms with Crippen molar-refractivity contribution >= 4 is 5.91 Å². The Kier molecular flexibility index (Phi) is 4.68. The van der Waals surface area contributed by atoms with E-state index in [1.165, 1.54) is 0 Å². The number of fused-ring (bicyclic) bond motifs is 1. The first kappa shape index (κ1) is 17.1. The van der Waals surface area contributed by atoms with Gasteiger partial charge in [0.05, 0.1) is 12.4 Å². The highest BCUT2D eigenvalue weighted by atomic mass is 16.6. The number of rotatable bonds is 5. The van der Waals surface area contributed by atoms with Crippen molar-refractivity contribution < 1.29 is 14.3 Å².